The lowest BCUT2D eigenvalue weighted by atomic mass is 9.94. The number of nitrogens with one attached hydrogen (secondary N) is 2. The summed E-state index contributed by atoms with van der Waals surface area (Å²) < 4.78 is 11.5. The Balaban J connectivity index is 1.82. The van der Waals surface area contributed by atoms with E-state index in [1.54, 1.807) is 37.8 Å². The third-order valence-corrected chi connectivity index (χ3v) is 5.01. The van der Waals surface area contributed by atoms with E-state index < -0.39 is 23.5 Å². The van der Waals surface area contributed by atoms with Crippen LogP contribution in [0.3, 0.4) is 0 Å². The van der Waals surface area contributed by atoms with E-state index in [0.29, 0.717) is 23.5 Å². The maximum Gasteiger partial charge on any atom is 0.321 e. The molecule has 2 heterocycles. The molecular formula is C18H22ClN3O5. The maximum atomic E-state index is 12.8. The second kappa shape index (κ2) is 7.10. The smallest absolute Gasteiger partial charge is 0.321 e. The van der Waals surface area contributed by atoms with Crippen molar-refractivity contribution in [2.75, 3.05) is 13.2 Å². The van der Waals surface area contributed by atoms with Crippen LogP contribution in [0.5, 0.6) is 0 Å². The molecule has 2 aliphatic heterocycles. The lowest BCUT2D eigenvalue weighted by molar-refractivity contribution is -0.147. The second-order valence-electron chi connectivity index (χ2n) is 7.41. The van der Waals surface area contributed by atoms with Crippen molar-refractivity contribution in [1.82, 2.24) is 15.5 Å². The molecule has 2 N–H and O–H groups in total. The van der Waals surface area contributed by atoms with Gasteiger partial charge in [0.15, 0.2) is 5.79 Å². The summed E-state index contributed by atoms with van der Waals surface area (Å²) in [5, 5.41) is 5.30. The van der Waals surface area contributed by atoms with Crippen molar-refractivity contribution in [2.45, 2.75) is 44.7 Å². The van der Waals surface area contributed by atoms with Gasteiger partial charge in [0.1, 0.15) is 6.10 Å². The Morgan fingerprint density at radius 3 is 2.85 bits per heavy atom. The van der Waals surface area contributed by atoms with Gasteiger partial charge in [0.05, 0.1) is 12.1 Å². The molecule has 0 bridgehead atoms. The minimum Gasteiger partial charge on any atom is -0.348 e. The lowest BCUT2D eigenvalue weighted by Gasteiger charge is -2.38. The molecule has 0 aromatic heterocycles. The van der Waals surface area contributed by atoms with Gasteiger partial charge in [-0.15, -0.1) is 0 Å². The number of benzene rings is 1. The van der Waals surface area contributed by atoms with E-state index in [4.69, 9.17) is 21.1 Å². The van der Waals surface area contributed by atoms with Crippen molar-refractivity contribution < 1.29 is 23.9 Å². The number of halogens is 1. The van der Waals surface area contributed by atoms with Crippen molar-refractivity contribution in [1.29, 1.82) is 0 Å². The number of imide groups is 1. The molecule has 2 aliphatic rings. The minimum atomic E-state index is -0.984. The largest absolute Gasteiger partial charge is 0.348 e. The van der Waals surface area contributed by atoms with Crippen LogP contribution in [-0.4, -0.2) is 53.8 Å². The summed E-state index contributed by atoms with van der Waals surface area (Å²) in [5.41, 5.74) is 0.432. The highest BCUT2D eigenvalue weighted by Crippen LogP contribution is 2.32. The highest BCUT2D eigenvalue weighted by atomic mass is 35.5. The zero-order valence-electron chi connectivity index (χ0n) is 15.4. The van der Waals surface area contributed by atoms with Crippen LogP contribution in [0.2, 0.25) is 5.02 Å². The van der Waals surface area contributed by atoms with Gasteiger partial charge >= 0.3 is 6.03 Å². The number of nitrogens with zero attached hydrogens (tertiary/aromatic N) is 1. The Labute approximate surface area is 162 Å². The molecule has 1 aromatic rings. The Hall–Kier alpha value is -2.16. The van der Waals surface area contributed by atoms with E-state index in [1.165, 1.54) is 0 Å². The second-order valence-corrected chi connectivity index (χ2v) is 7.85. The van der Waals surface area contributed by atoms with E-state index in [1.807, 2.05) is 6.07 Å². The van der Waals surface area contributed by atoms with Crippen LogP contribution in [0.25, 0.3) is 0 Å². The Morgan fingerprint density at radius 1 is 1.48 bits per heavy atom. The van der Waals surface area contributed by atoms with Gasteiger partial charge in [-0.25, -0.2) is 4.79 Å². The average molecular weight is 396 g/mol. The van der Waals surface area contributed by atoms with E-state index in [0.717, 1.165) is 5.56 Å². The molecular weight excluding hydrogens is 374 g/mol. The van der Waals surface area contributed by atoms with Crippen molar-refractivity contribution >= 4 is 29.9 Å². The highest BCUT2D eigenvalue weighted by Gasteiger charge is 2.47. The van der Waals surface area contributed by atoms with Gasteiger partial charge in [0.2, 0.25) is 6.41 Å². The molecule has 146 valence electrons. The van der Waals surface area contributed by atoms with Crippen molar-refractivity contribution in [3.05, 3.63) is 34.3 Å². The first kappa shape index (κ1) is 19.6. The molecule has 0 saturated carbocycles. The summed E-state index contributed by atoms with van der Waals surface area (Å²) in [4.78, 5) is 37.0. The number of hydrogen-bond donors (Lipinski definition) is 2. The summed E-state index contributed by atoms with van der Waals surface area (Å²) in [6.45, 7) is 6.13. The van der Waals surface area contributed by atoms with Crippen molar-refractivity contribution in [3.63, 3.8) is 0 Å². The van der Waals surface area contributed by atoms with Crippen molar-refractivity contribution in [2.24, 2.45) is 0 Å². The maximum absolute atomic E-state index is 12.8. The zero-order valence-corrected chi connectivity index (χ0v) is 16.1. The lowest BCUT2D eigenvalue weighted by Crippen LogP contribution is -2.63. The molecule has 9 heteroatoms. The molecule has 1 saturated heterocycles. The Morgan fingerprint density at radius 2 is 2.22 bits per heavy atom. The average Bonchev–Trinajstić information content (AvgIpc) is 3.09. The van der Waals surface area contributed by atoms with Gasteiger partial charge in [0.25, 0.3) is 5.91 Å². The Kier molecular flexibility index (Phi) is 5.16. The number of carbonyl (C=O) groups is 3. The van der Waals surface area contributed by atoms with Crippen LogP contribution >= 0.6 is 11.6 Å². The van der Waals surface area contributed by atoms with Crippen LogP contribution in [-0.2, 0) is 20.8 Å². The van der Waals surface area contributed by atoms with Crippen LogP contribution in [0, 0.1) is 0 Å². The summed E-state index contributed by atoms with van der Waals surface area (Å²) >= 11 is 6.00. The van der Waals surface area contributed by atoms with E-state index in [2.05, 4.69) is 10.6 Å². The van der Waals surface area contributed by atoms with Gasteiger partial charge in [0, 0.05) is 23.7 Å². The predicted octanol–water partition coefficient (Wildman–Crippen LogP) is 1.66. The normalized spacial score (nSPS) is 22.9. The highest BCUT2D eigenvalue weighted by molar-refractivity contribution is 6.31. The fourth-order valence-corrected chi connectivity index (χ4v) is 3.60. The molecule has 1 fully saturated rings. The van der Waals surface area contributed by atoms with Gasteiger partial charge in [-0.1, -0.05) is 17.7 Å². The standard InChI is InChI=1S/C18H22ClN3O5/c1-17(2)26-8-14(27-17)18(3,21-16(25)20-10-23)9-22-7-11-4-5-12(19)6-13(11)15(22)24/h4-6,10,14H,7-9H2,1-3H3,(H2,20,21,23,25)/t14-,18+/m1/s1. The minimum absolute atomic E-state index is 0.172. The summed E-state index contributed by atoms with van der Waals surface area (Å²) in [5.74, 6) is -0.977. The quantitative estimate of drug-likeness (QED) is 0.739. The number of rotatable bonds is 5. The predicted molar refractivity (Wildman–Crippen MR) is 97.2 cm³/mol. The number of carbonyl (C=O) groups excluding carboxylic acids is 3. The number of fused-ring (bicyclic) bond motifs is 1. The van der Waals surface area contributed by atoms with Crippen LogP contribution < -0.4 is 10.6 Å². The number of hydrogen-bond acceptors (Lipinski definition) is 5. The molecule has 3 rings (SSSR count). The van der Waals surface area contributed by atoms with Gasteiger partial charge < -0.3 is 19.7 Å². The first-order chi connectivity index (χ1) is 12.6. The van der Waals surface area contributed by atoms with Crippen LogP contribution in [0.1, 0.15) is 36.7 Å². The van der Waals surface area contributed by atoms with Crippen LogP contribution in [0.15, 0.2) is 18.2 Å². The SMILES string of the molecule is CC1(C)OC[C@H]([C@](C)(CN2Cc3ccc(Cl)cc3C2=O)NC(=O)NC=O)O1. The number of amides is 4. The fraction of sp³-hybridized carbons (Fsp3) is 0.500. The molecule has 0 unspecified atom stereocenters. The molecule has 8 nitrogen and oxygen atoms in total. The first-order valence-electron chi connectivity index (χ1n) is 8.55. The summed E-state index contributed by atoms with van der Waals surface area (Å²) in [6, 6.07) is 4.52. The Bertz CT molecular complexity index is 784. The fourth-order valence-electron chi connectivity index (χ4n) is 3.43. The molecule has 1 aromatic carbocycles. The summed E-state index contributed by atoms with van der Waals surface area (Å²) in [6.07, 6.45) is -0.213. The van der Waals surface area contributed by atoms with E-state index in [-0.39, 0.29) is 19.1 Å². The van der Waals surface area contributed by atoms with Gasteiger partial charge in [-0.2, -0.15) is 0 Å². The molecule has 0 aliphatic carbocycles. The third-order valence-electron chi connectivity index (χ3n) is 4.78. The first-order valence-corrected chi connectivity index (χ1v) is 8.93. The van der Waals surface area contributed by atoms with E-state index >= 15 is 0 Å². The number of urea groups is 1. The third kappa shape index (κ3) is 4.07. The molecule has 0 radical (unpaired) electrons. The number of ether oxygens (including phenoxy) is 2. The molecule has 27 heavy (non-hydrogen) atoms. The van der Waals surface area contributed by atoms with Gasteiger partial charge in [-0.05, 0) is 38.5 Å². The van der Waals surface area contributed by atoms with E-state index in [9.17, 15) is 14.4 Å². The zero-order chi connectivity index (χ0) is 19.8. The van der Waals surface area contributed by atoms with Gasteiger partial charge in [-0.3, -0.25) is 14.9 Å². The molecule has 4 amide bonds. The monoisotopic (exact) mass is 395 g/mol. The molecule has 2 atom stereocenters. The summed E-state index contributed by atoms with van der Waals surface area (Å²) in [7, 11) is 0. The molecule has 0 spiro atoms. The van der Waals surface area contributed by atoms with Crippen LogP contribution in [0.4, 0.5) is 4.79 Å². The van der Waals surface area contributed by atoms with Crippen molar-refractivity contribution in [3.8, 4) is 0 Å². The topological polar surface area (TPSA) is 97.0 Å².